The minimum absolute atomic E-state index is 0.143. The van der Waals surface area contributed by atoms with Gasteiger partial charge in [0.05, 0.1) is 6.61 Å². The van der Waals surface area contributed by atoms with Gasteiger partial charge in [-0.15, -0.1) is 6.58 Å². The summed E-state index contributed by atoms with van der Waals surface area (Å²) in [6.07, 6.45) is 3.95. The molecule has 0 spiro atoms. The molecule has 1 aliphatic heterocycles. The van der Waals surface area contributed by atoms with Crippen LogP contribution in [0.2, 0.25) is 5.02 Å². The molecule has 0 atom stereocenters. The molecule has 0 saturated carbocycles. The largest absolute Gasteiger partial charge is 0.489 e. The zero-order valence-corrected chi connectivity index (χ0v) is 11.6. The minimum Gasteiger partial charge on any atom is -0.489 e. The van der Waals surface area contributed by atoms with E-state index in [0.29, 0.717) is 18.2 Å². The van der Waals surface area contributed by atoms with Gasteiger partial charge in [-0.2, -0.15) is 0 Å². The molecule has 19 heavy (non-hydrogen) atoms. The van der Waals surface area contributed by atoms with Gasteiger partial charge in [-0.05, 0) is 29.8 Å². The number of aliphatic hydroxyl groups is 1. The summed E-state index contributed by atoms with van der Waals surface area (Å²) >= 11 is 5.99. The van der Waals surface area contributed by atoms with Crippen molar-refractivity contribution >= 4 is 17.7 Å². The van der Waals surface area contributed by atoms with E-state index in [2.05, 4.69) is 17.6 Å². The van der Waals surface area contributed by atoms with Gasteiger partial charge in [0.15, 0.2) is 0 Å². The van der Waals surface area contributed by atoms with Crippen LogP contribution in [0.25, 0.3) is 6.08 Å². The molecular weight excluding hydrogens is 262 g/mol. The molecule has 0 bridgehead atoms. The maximum atomic E-state index is 9.04. The summed E-state index contributed by atoms with van der Waals surface area (Å²) in [7, 11) is 0. The Kier molecular flexibility index (Phi) is 5.02. The fraction of sp³-hybridized carbons (Fsp3) is 0.333. The third-order valence-electron chi connectivity index (χ3n) is 2.97. The van der Waals surface area contributed by atoms with Crippen LogP contribution >= 0.6 is 11.6 Å². The maximum Gasteiger partial charge on any atom is 0.127 e. The highest BCUT2D eigenvalue weighted by Crippen LogP contribution is 2.29. The van der Waals surface area contributed by atoms with Crippen LogP contribution in [-0.2, 0) is 0 Å². The van der Waals surface area contributed by atoms with Gasteiger partial charge < -0.3 is 9.84 Å². The lowest BCUT2D eigenvalue weighted by Gasteiger charge is -2.24. The van der Waals surface area contributed by atoms with E-state index >= 15 is 0 Å². The van der Waals surface area contributed by atoms with Crippen molar-refractivity contribution in [2.24, 2.45) is 0 Å². The van der Waals surface area contributed by atoms with Crippen LogP contribution in [0, 0.1) is 0 Å². The smallest absolute Gasteiger partial charge is 0.127 e. The minimum atomic E-state index is 0.143. The Morgan fingerprint density at radius 3 is 3.05 bits per heavy atom. The van der Waals surface area contributed by atoms with Crippen molar-refractivity contribution in [3.63, 3.8) is 0 Å². The van der Waals surface area contributed by atoms with Gasteiger partial charge in [0.2, 0.25) is 0 Å². The first-order valence-electron chi connectivity index (χ1n) is 6.29. The molecule has 2 rings (SSSR count). The van der Waals surface area contributed by atoms with Crippen LogP contribution in [0.5, 0.6) is 5.75 Å². The van der Waals surface area contributed by atoms with Crippen LogP contribution in [0.4, 0.5) is 0 Å². The fourth-order valence-corrected chi connectivity index (χ4v) is 2.31. The van der Waals surface area contributed by atoms with Crippen molar-refractivity contribution in [1.82, 2.24) is 4.90 Å². The average molecular weight is 280 g/mol. The highest BCUT2D eigenvalue weighted by Gasteiger charge is 2.14. The molecule has 0 radical (unpaired) electrons. The lowest BCUT2D eigenvalue weighted by atomic mass is 10.1. The normalized spacial score (nSPS) is 13.7. The van der Waals surface area contributed by atoms with Gasteiger partial charge in [0.25, 0.3) is 0 Å². The van der Waals surface area contributed by atoms with E-state index in [4.69, 9.17) is 21.4 Å². The SMILES string of the molecule is C=CCN(CCO)CC1=Cc2cc(Cl)ccc2OC1. The Balaban J connectivity index is 2.11. The quantitative estimate of drug-likeness (QED) is 0.813. The van der Waals surface area contributed by atoms with Crippen molar-refractivity contribution in [1.29, 1.82) is 0 Å². The van der Waals surface area contributed by atoms with Crippen LogP contribution in [0.1, 0.15) is 5.56 Å². The molecule has 3 nitrogen and oxygen atoms in total. The first-order valence-corrected chi connectivity index (χ1v) is 6.66. The summed E-state index contributed by atoms with van der Waals surface area (Å²) in [6, 6.07) is 5.62. The third-order valence-corrected chi connectivity index (χ3v) is 3.21. The Bertz CT molecular complexity index is 485. The van der Waals surface area contributed by atoms with Gasteiger partial charge in [-0.25, -0.2) is 0 Å². The summed E-state index contributed by atoms with van der Waals surface area (Å²) in [5.41, 5.74) is 2.18. The Labute approximate surface area is 118 Å². The molecule has 1 aromatic rings. The molecule has 0 amide bonds. The molecule has 0 saturated heterocycles. The summed E-state index contributed by atoms with van der Waals surface area (Å²) < 4.78 is 5.71. The predicted molar refractivity (Wildman–Crippen MR) is 78.6 cm³/mol. The average Bonchev–Trinajstić information content (AvgIpc) is 2.39. The van der Waals surface area contributed by atoms with E-state index in [-0.39, 0.29) is 6.61 Å². The highest BCUT2D eigenvalue weighted by atomic mass is 35.5. The van der Waals surface area contributed by atoms with Gasteiger partial charge in [-0.3, -0.25) is 4.90 Å². The third kappa shape index (κ3) is 3.83. The topological polar surface area (TPSA) is 32.7 Å². The monoisotopic (exact) mass is 279 g/mol. The number of fused-ring (bicyclic) bond motifs is 1. The molecule has 1 N–H and O–H groups in total. The van der Waals surface area contributed by atoms with Crippen molar-refractivity contribution < 1.29 is 9.84 Å². The maximum absolute atomic E-state index is 9.04. The first kappa shape index (κ1) is 14.1. The molecular formula is C15H18ClNO2. The number of ether oxygens (including phenoxy) is 1. The molecule has 0 fully saturated rings. The van der Waals surface area contributed by atoms with Crippen LogP contribution in [0.3, 0.4) is 0 Å². The number of hydrogen-bond acceptors (Lipinski definition) is 3. The second-order valence-corrected chi connectivity index (χ2v) is 4.96. The summed E-state index contributed by atoms with van der Waals surface area (Å²) in [4.78, 5) is 2.12. The van der Waals surface area contributed by atoms with E-state index < -0.39 is 0 Å². The number of hydrogen-bond donors (Lipinski definition) is 1. The Hall–Kier alpha value is -1.29. The van der Waals surface area contributed by atoms with E-state index in [1.165, 1.54) is 5.57 Å². The number of benzene rings is 1. The second-order valence-electron chi connectivity index (χ2n) is 4.52. The molecule has 102 valence electrons. The van der Waals surface area contributed by atoms with E-state index in [1.54, 1.807) is 0 Å². The lowest BCUT2D eigenvalue weighted by molar-refractivity contribution is 0.213. The Morgan fingerprint density at radius 2 is 2.32 bits per heavy atom. The zero-order valence-electron chi connectivity index (χ0n) is 10.8. The highest BCUT2D eigenvalue weighted by molar-refractivity contribution is 6.30. The molecule has 1 heterocycles. The number of halogens is 1. The van der Waals surface area contributed by atoms with E-state index in [9.17, 15) is 0 Å². The number of rotatable bonds is 6. The molecule has 1 aliphatic rings. The summed E-state index contributed by atoms with van der Waals surface area (Å²) in [5, 5.41) is 9.75. The number of nitrogens with zero attached hydrogens (tertiary/aromatic N) is 1. The van der Waals surface area contributed by atoms with Crippen molar-refractivity contribution in [2.75, 3.05) is 32.8 Å². The van der Waals surface area contributed by atoms with Crippen LogP contribution in [-0.4, -0.2) is 42.9 Å². The first-order chi connectivity index (χ1) is 9.22. The lowest BCUT2D eigenvalue weighted by Crippen LogP contribution is -2.31. The molecule has 4 heteroatoms. The molecule has 1 aromatic carbocycles. The van der Waals surface area contributed by atoms with Crippen molar-refractivity contribution in [3.05, 3.63) is 47.0 Å². The van der Waals surface area contributed by atoms with Gasteiger partial charge in [0, 0.05) is 30.2 Å². The fourth-order valence-electron chi connectivity index (χ4n) is 2.13. The zero-order chi connectivity index (χ0) is 13.7. The number of aliphatic hydroxyl groups excluding tert-OH is 1. The summed E-state index contributed by atoms with van der Waals surface area (Å²) in [6.45, 7) is 6.60. The standard InChI is InChI=1S/C15H18ClNO2/c1-2-5-17(6-7-18)10-12-8-13-9-14(16)3-4-15(13)19-11-12/h2-4,8-9,18H,1,5-7,10-11H2. The van der Waals surface area contributed by atoms with Gasteiger partial charge in [-0.1, -0.05) is 17.7 Å². The molecule has 0 aliphatic carbocycles. The van der Waals surface area contributed by atoms with Crippen LogP contribution in [0.15, 0.2) is 36.4 Å². The van der Waals surface area contributed by atoms with Gasteiger partial charge in [0.1, 0.15) is 12.4 Å². The Morgan fingerprint density at radius 1 is 1.47 bits per heavy atom. The van der Waals surface area contributed by atoms with E-state index in [0.717, 1.165) is 24.4 Å². The predicted octanol–water partition coefficient (Wildman–Crippen LogP) is 2.60. The van der Waals surface area contributed by atoms with E-state index in [1.807, 2.05) is 24.3 Å². The summed E-state index contributed by atoms with van der Waals surface area (Å²) in [5.74, 6) is 0.866. The van der Waals surface area contributed by atoms with Crippen LogP contribution < -0.4 is 4.74 Å². The van der Waals surface area contributed by atoms with Gasteiger partial charge >= 0.3 is 0 Å². The second kappa shape index (κ2) is 6.75. The molecule has 0 unspecified atom stereocenters. The molecule has 0 aromatic heterocycles. The van der Waals surface area contributed by atoms with Crippen molar-refractivity contribution in [2.45, 2.75) is 0 Å². The van der Waals surface area contributed by atoms with Crippen molar-refractivity contribution in [3.8, 4) is 5.75 Å².